The molecule has 24 heavy (non-hydrogen) atoms. The van der Waals surface area contributed by atoms with Gasteiger partial charge in [0.25, 0.3) is 0 Å². The predicted molar refractivity (Wildman–Crippen MR) is 96.6 cm³/mol. The number of aromatic nitrogens is 1. The van der Waals surface area contributed by atoms with Crippen LogP contribution in [0.3, 0.4) is 0 Å². The van der Waals surface area contributed by atoms with Crippen molar-refractivity contribution in [2.45, 2.75) is 6.54 Å². The molecule has 0 unspecified atom stereocenters. The van der Waals surface area contributed by atoms with Gasteiger partial charge in [0.05, 0.1) is 10.0 Å². The number of nitrogens with zero attached hydrogens (tertiary/aromatic N) is 3. The largest absolute Gasteiger partial charge is 0.322 e. The third-order valence-electron chi connectivity index (χ3n) is 3.99. The van der Waals surface area contributed by atoms with Crippen molar-refractivity contribution < 1.29 is 4.79 Å². The summed E-state index contributed by atoms with van der Waals surface area (Å²) in [7, 11) is 0. The van der Waals surface area contributed by atoms with Gasteiger partial charge in [0.1, 0.15) is 0 Å². The standard InChI is InChI=1S/C17H18Cl2N4O/c18-15-2-1-14(11-16(15)19)21-17(24)23-9-7-22(8-10-23)12-13-3-5-20-6-4-13/h1-6,11H,7-10,12H2,(H,21,24). The van der Waals surface area contributed by atoms with Crippen molar-refractivity contribution in [3.8, 4) is 0 Å². The third kappa shape index (κ3) is 4.38. The molecule has 3 rings (SSSR count). The summed E-state index contributed by atoms with van der Waals surface area (Å²) in [5, 5.41) is 3.76. The molecular weight excluding hydrogens is 347 g/mol. The molecule has 0 saturated carbocycles. The summed E-state index contributed by atoms with van der Waals surface area (Å²) in [6.45, 7) is 3.95. The Morgan fingerprint density at radius 3 is 2.42 bits per heavy atom. The van der Waals surface area contributed by atoms with Crippen molar-refractivity contribution >= 4 is 34.9 Å². The highest BCUT2D eigenvalue weighted by Crippen LogP contribution is 2.25. The Labute approximate surface area is 151 Å². The van der Waals surface area contributed by atoms with Crippen LogP contribution in [0.1, 0.15) is 5.56 Å². The second kappa shape index (κ2) is 7.83. The molecule has 1 aromatic heterocycles. The smallest absolute Gasteiger partial charge is 0.321 e. The van der Waals surface area contributed by atoms with Crippen molar-refractivity contribution in [2.75, 3.05) is 31.5 Å². The van der Waals surface area contributed by atoms with Crippen molar-refractivity contribution in [3.63, 3.8) is 0 Å². The van der Waals surface area contributed by atoms with Gasteiger partial charge >= 0.3 is 6.03 Å². The number of amides is 2. The maximum Gasteiger partial charge on any atom is 0.321 e. The molecule has 0 bridgehead atoms. The van der Waals surface area contributed by atoms with Gasteiger partial charge in [-0.25, -0.2) is 4.79 Å². The van der Waals surface area contributed by atoms with Crippen molar-refractivity contribution in [1.82, 2.24) is 14.8 Å². The minimum atomic E-state index is -0.114. The molecule has 0 aliphatic carbocycles. The molecule has 126 valence electrons. The molecule has 5 nitrogen and oxygen atoms in total. The average molecular weight is 365 g/mol. The van der Waals surface area contributed by atoms with E-state index in [0.717, 1.165) is 19.6 Å². The molecule has 1 aromatic carbocycles. The Balaban J connectivity index is 1.50. The molecule has 1 aliphatic heterocycles. The van der Waals surface area contributed by atoms with Crippen LogP contribution in [0.5, 0.6) is 0 Å². The number of pyridine rings is 1. The van der Waals surface area contributed by atoms with Crippen LogP contribution in [0.4, 0.5) is 10.5 Å². The number of piperazine rings is 1. The highest BCUT2D eigenvalue weighted by atomic mass is 35.5. The van der Waals surface area contributed by atoms with Gasteiger partial charge < -0.3 is 10.2 Å². The zero-order valence-electron chi connectivity index (χ0n) is 13.1. The molecule has 7 heteroatoms. The number of rotatable bonds is 3. The Morgan fingerprint density at radius 2 is 1.75 bits per heavy atom. The topological polar surface area (TPSA) is 48.5 Å². The first kappa shape index (κ1) is 17.0. The van der Waals surface area contributed by atoms with Gasteiger partial charge in [-0.15, -0.1) is 0 Å². The molecule has 1 aliphatic rings. The Bertz CT molecular complexity index is 703. The zero-order valence-corrected chi connectivity index (χ0v) is 14.6. The van der Waals surface area contributed by atoms with Crippen molar-refractivity contribution in [3.05, 3.63) is 58.3 Å². The molecule has 0 atom stereocenters. The van der Waals surface area contributed by atoms with Crippen LogP contribution in [0.25, 0.3) is 0 Å². The molecule has 2 heterocycles. The van der Waals surface area contributed by atoms with Gasteiger partial charge in [-0.05, 0) is 35.9 Å². The summed E-state index contributed by atoms with van der Waals surface area (Å²) < 4.78 is 0. The zero-order chi connectivity index (χ0) is 16.9. The third-order valence-corrected chi connectivity index (χ3v) is 4.72. The molecule has 2 aromatic rings. The van der Waals surface area contributed by atoms with Crippen LogP contribution in [0, 0.1) is 0 Å². The summed E-state index contributed by atoms with van der Waals surface area (Å²) in [5.74, 6) is 0. The first-order valence-corrected chi connectivity index (χ1v) is 8.49. The lowest BCUT2D eigenvalue weighted by Crippen LogP contribution is -2.49. The number of halogens is 2. The number of benzene rings is 1. The number of anilines is 1. The SMILES string of the molecule is O=C(Nc1ccc(Cl)c(Cl)c1)N1CCN(Cc2ccncc2)CC1. The molecule has 1 N–H and O–H groups in total. The lowest BCUT2D eigenvalue weighted by molar-refractivity contribution is 0.143. The normalized spacial score (nSPS) is 15.3. The summed E-state index contributed by atoms with van der Waals surface area (Å²) >= 11 is 11.9. The predicted octanol–water partition coefficient (Wildman–Crippen LogP) is 3.74. The van der Waals surface area contributed by atoms with Crippen LogP contribution >= 0.6 is 23.2 Å². The van der Waals surface area contributed by atoms with E-state index in [1.54, 1.807) is 30.6 Å². The highest BCUT2D eigenvalue weighted by Gasteiger charge is 2.21. The monoisotopic (exact) mass is 364 g/mol. The fourth-order valence-electron chi connectivity index (χ4n) is 2.63. The quantitative estimate of drug-likeness (QED) is 0.902. The van der Waals surface area contributed by atoms with E-state index >= 15 is 0 Å². The maximum absolute atomic E-state index is 12.3. The Morgan fingerprint density at radius 1 is 1.04 bits per heavy atom. The number of carbonyl (C=O) groups is 1. The fraction of sp³-hybridized carbons (Fsp3) is 0.294. The number of hydrogen-bond acceptors (Lipinski definition) is 3. The van der Waals surface area contributed by atoms with Gasteiger partial charge in [0, 0.05) is 50.8 Å². The van der Waals surface area contributed by atoms with Crippen LogP contribution in [0.15, 0.2) is 42.7 Å². The summed E-state index contributed by atoms with van der Waals surface area (Å²) in [6.07, 6.45) is 3.60. The highest BCUT2D eigenvalue weighted by molar-refractivity contribution is 6.42. The van der Waals surface area contributed by atoms with Gasteiger partial charge in [0.15, 0.2) is 0 Å². The molecular formula is C17H18Cl2N4O. The summed E-state index contributed by atoms with van der Waals surface area (Å²) in [6, 6.07) is 8.99. The number of nitrogens with one attached hydrogen (secondary N) is 1. The molecule has 1 fully saturated rings. The van der Waals surface area contributed by atoms with Gasteiger partial charge in [-0.1, -0.05) is 23.2 Å². The molecule has 2 amide bonds. The van der Waals surface area contributed by atoms with Crippen molar-refractivity contribution in [1.29, 1.82) is 0 Å². The minimum absolute atomic E-state index is 0.114. The second-order valence-electron chi connectivity index (χ2n) is 5.68. The lowest BCUT2D eigenvalue weighted by Gasteiger charge is -2.34. The number of carbonyl (C=O) groups excluding carboxylic acids is 1. The van der Waals surface area contributed by atoms with Crippen LogP contribution in [-0.2, 0) is 6.54 Å². The van der Waals surface area contributed by atoms with E-state index in [0.29, 0.717) is 28.8 Å². The van der Waals surface area contributed by atoms with E-state index < -0.39 is 0 Å². The van der Waals surface area contributed by atoms with Crippen LogP contribution < -0.4 is 5.32 Å². The Kier molecular flexibility index (Phi) is 5.56. The molecule has 1 saturated heterocycles. The van der Waals surface area contributed by atoms with Gasteiger partial charge in [-0.2, -0.15) is 0 Å². The van der Waals surface area contributed by atoms with E-state index in [2.05, 4.69) is 15.2 Å². The Hall–Kier alpha value is -1.82. The van der Waals surface area contributed by atoms with E-state index in [-0.39, 0.29) is 6.03 Å². The first-order chi connectivity index (χ1) is 11.6. The van der Waals surface area contributed by atoms with Crippen LogP contribution in [0.2, 0.25) is 10.0 Å². The summed E-state index contributed by atoms with van der Waals surface area (Å²) in [4.78, 5) is 20.5. The average Bonchev–Trinajstić information content (AvgIpc) is 2.60. The van der Waals surface area contributed by atoms with Crippen LogP contribution in [-0.4, -0.2) is 47.0 Å². The maximum atomic E-state index is 12.3. The number of hydrogen-bond donors (Lipinski definition) is 1. The van der Waals surface area contributed by atoms with E-state index in [1.165, 1.54) is 5.56 Å². The number of urea groups is 1. The minimum Gasteiger partial charge on any atom is -0.322 e. The van der Waals surface area contributed by atoms with Gasteiger partial charge in [-0.3, -0.25) is 9.88 Å². The molecule has 0 radical (unpaired) electrons. The van der Waals surface area contributed by atoms with Gasteiger partial charge in [0.2, 0.25) is 0 Å². The first-order valence-electron chi connectivity index (χ1n) is 7.74. The van der Waals surface area contributed by atoms with E-state index in [4.69, 9.17) is 23.2 Å². The fourth-order valence-corrected chi connectivity index (χ4v) is 2.93. The summed E-state index contributed by atoms with van der Waals surface area (Å²) in [5.41, 5.74) is 1.88. The van der Waals surface area contributed by atoms with Crippen molar-refractivity contribution in [2.24, 2.45) is 0 Å². The second-order valence-corrected chi connectivity index (χ2v) is 6.49. The van der Waals surface area contributed by atoms with E-state index in [1.807, 2.05) is 17.0 Å². The lowest BCUT2D eigenvalue weighted by atomic mass is 10.2. The molecule has 0 spiro atoms. The van der Waals surface area contributed by atoms with E-state index in [9.17, 15) is 4.79 Å².